The normalized spacial score (nSPS) is 17.1. The summed E-state index contributed by atoms with van der Waals surface area (Å²) in [7, 11) is -3.25. The zero-order valence-corrected chi connectivity index (χ0v) is 14.1. The van der Waals surface area contributed by atoms with Gasteiger partial charge < -0.3 is 10.1 Å². The third kappa shape index (κ3) is 6.29. The highest BCUT2D eigenvalue weighted by Gasteiger charge is 2.26. The fourth-order valence-corrected chi connectivity index (χ4v) is 3.12. The Bertz CT molecular complexity index is 598. The van der Waals surface area contributed by atoms with E-state index in [1.54, 1.807) is 0 Å². The lowest BCUT2D eigenvalue weighted by Crippen LogP contribution is -2.38. The predicted molar refractivity (Wildman–Crippen MR) is 88.4 cm³/mol. The van der Waals surface area contributed by atoms with Gasteiger partial charge >= 0.3 is 0 Å². The van der Waals surface area contributed by atoms with Crippen LogP contribution in [-0.4, -0.2) is 39.8 Å². The SMILES string of the molecule is CS(=O)(=O)NCCNC(=O)C(OC1CCCC1)c1ccccc1. The Morgan fingerprint density at radius 1 is 1.22 bits per heavy atom. The largest absolute Gasteiger partial charge is 0.360 e. The molecule has 1 aromatic carbocycles. The van der Waals surface area contributed by atoms with Gasteiger partial charge in [0.05, 0.1) is 12.4 Å². The molecule has 1 fully saturated rings. The number of carbonyl (C=O) groups excluding carboxylic acids is 1. The highest BCUT2D eigenvalue weighted by Crippen LogP contribution is 2.27. The van der Waals surface area contributed by atoms with E-state index in [-0.39, 0.29) is 25.1 Å². The molecule has 0 aliphatic heterocycles. The Labute approximate surface area is 137 Å². The molecule has 0 saturated heterocycles. The van der Waals surface area contributed by atoms with Gasteiger partial charge in [0.15, 0.2) is 6.10 Å². The molecular formula is C16H24N2O4S. The van der Waals surface area contributed by atoms with Crippen LogP contribution in [0.5, 0.6) is 0 Å². The van der Waals surface area contributed by atoms with Gasteiger partial charge in [0, 0.05) is 13.1 Å². The molecule has 1 atom stereocenters. The van der Waals surface area contributed by atoms with E-state index in [0.29, 0.717) is 0 Å². The molecule has 1 aliphatic rings. The Balaban J connectivity index is 1.94. The van der Waals surface area contributed by atoms with Crippen molar-refractivity contribution < 1.29 is 17.9 Å². The van der Waals surface area contributed by atoms with Crippen LogP contribution in [0.25, 0.3) is 0 Å². The summed E-state index contributed by atoms with van der Waals surface area (Å²) < 4.78 is 30.4. The van der Waals surface area contributed by atoms with E-state index in [2.05, 4.69) is 10.0 Å². The quantitative estimate of drug-likeness (QED) is 0.700. The fourth-order valence-electron chi connectivity index (χ4n) is 2.65. The monoisotopic (exact) mass is 340 g/mol. The van der Waals surface area contributed by atoms with Crippen LogP contribution in [-0.2, 0) is 19.6 Å². The molecule has 0 heterocycles. The first-order valence-electron chi connectivity index (χ1n) is 7.88. The number of ether oxygens (including phenoxy) is 1. The Kier molecular flexibility index (Phi) is 6.56. The van der Waals surface area contributed by atoms with Gasteiger partial charge in [0.2, 0.25) is 10.0 Å². The first-order chi connectivity index (χ1) is 11.0. The molecule has 2 rings (SSSR count). The zero-order valence-electron chi connectivity index (χ0n) is 13.3. The maximum absolute atomic E-state index is 12.4. The average molecular weight is 340 g/mol. The average Bonchev–Trinajstić information content (AvgIpc) is 3.02. The molecular weight excluding hydrogens is 316 g/mol. The Hall–Kier alpha value is -1.44. The second kappa shape index (κ2) is 8.42. The van der Waals surface area contributed by atoms with Crippen molar-refractivity contribution in [1.82, 2.24) is 10.0 Å². The number of hydrogen-bond donors (Lipinski definition) is 2. The van der Waals surface area contributed by atoms with Crippen LogP contribution in [0.4, 0.5) is 0 Å². The molecule has 23 heavy (non-hydrogen) atoms. The highest BCUT2D eigenvalue weighted by molar-refractivity contribution is 7.88. The first kappa shape index (κ1) is 17.9. The van der Waals surface area contributed by atoms with Crippen LogP contribution >= 0.6 is 0 Å². The lowest BCUT2D eigenvalue weighted by atomic mass is 10.1. The number of rotatable bonds is 8. The predicted octanol–water partition coefficient (Wildman–Crippen LogP) is 1.35. The lowest BCUT2D eigenvalue weighted by molar-refractivity contribution is -0.137. The van der Waals surface area contributed by atoms with E-state index >= 15 is 0 Å². The maximum Gasteiger partial charge on any atom is 0.253 e. The summed E-state index contributed by atoms with van der Waals surface area (Å²) >= 11 is 0. The molecule has 0 spiro atoms. The van der Waals surface area contributed by atoms with Crippen LogP contribution < -0.4 is 10.0 Å². The van der Waals surface area contributed by atoms with E-state index in [4.69, 9.17) is 4.74 Å². The molecule has 0 aromatic heterocycles. The van der Waals surface area contributed by atoms with Crippen LogP contribution in [0.2, 0.25) is 0 Å². The smallest absolute Gasteiger partial charge is 0.253 e. The van der Waals surface area contributed by atoms with Crippen LogP contribution in [0, 0.1) is 0 Å². The zero-order chi connectivity index (χ0) is 16.7. The van der Waals surface area contributed by atoms with Gasteiger partial charge in [-0.2, -0.15) is 0 Å². The number of benzene rings is 1. The summed E-state index contributed by atoms with van der Waals surface area (Å²) in [6.07, 6.45) is 4.76. The van der Waals surface area contributed by atoms with E-state index in [1.165, 1.54) is 0 Å². The van der Waals surface area contributed by atoms with E-state index in [0.717, 1.165) is 37.5 Å². The number of amides is 1. The standard InChI is InChI=1S/C16H24N2O4S/c1-23(20,21)18-12-11-17-16(19)15(13-7-3-2-4-8-13)22-14-9-5-6-10-14/h2-4,7-8,14-15,18H,5-6,9-12H2,1H3,(H,17,19). The number of sulfonamides is 1. The molecule has 1 aliphatic carbocycles. The molecule has 128 valence electrons. The van der Waals surface area contributed by atoms with Crippen molar-refractivity contribution >= 4 is 15.9 Å². The van der Waals surface area contributed by atoms with Gasteiger partial charge in [-0.1, -0.05) is 43.2 Å². The van der Waals surface area contributed by atoms with Crippen LogP contribution in [0.15, 0.2) is 30.3 Å². The van der Waals surface area contributed by atoms with Gasteiger partial charge in [0.1, 0.15) is 0 Å². The second-order valence-corrected chi connectivity index (χ2v) is 7.62. The Morgan fingerprint density at radius 2 is 1.87 bits per heavy atom. The molecule has 2 N–H and O–H groups in total. The van der Waals surface area contributed by atoms with Gasteiger partial charge in [-0.3, -0.25) is 4.79 Å². The first-order valence-corrected chi connectivity index (χ1v) is 9.77. The molecule has 0 radical (unpaired) electrons. The van der Waals surface area contributed by atoms with Crippen LogP contribution in [0.3, 0.4) is 0 Å². The van der Waals surface area contributed by atoms with Gasteiger partial charge in [-0.15, -0.1) is 0 Å². The van der Waals surface area contributed by atoms with E-state index in [1.807, 2.05) is 30.3 Å². The van der Waals surface area contributed by atoms with Crippen molar-refractivity contribution in [2.45, 2.75) is 37.9 Å². The second-order valence-electron chi connectivity index (χ2n) is 5.79. The molecule has 6 nitrogen and oxygen atoms in total. The Morgan fingerprint density at radius 3 is 2.48 bits per heavy atom. The molecule has 1 aromatic rings. The van der Waals surface area contributed by atoms with Crippen molar-refractivity contribution in [3.05, 3.63) is 35.9 Å². The summed E-state index contributed by atoms with van der Waals surface area (Å²) in [5, 5.41) is 2.74. The van der Waals surface area contributed by atoms with Crippen molar-refractivity contribution in [2.75, 3.05) is 19.3 Å². The van der Waals surface area contributed by atoms with Crippen molar-refractivity contribution in [3.63, 3.8) is 0 Å². The summed E-state index contributed by atoms with van der Waals surface area (Å²) in [5.74, 6) is -0.238. The van der Waals surface area contributed by atoms with E-state index < -0.39 is 16.1 Å². The molecule has 1 amide bonds. The molecule has 7 heteroatoms. The minimum absolute atomic E-state index is 0.111. The van der Waals surface area contributed by atoms with Gasteiger partial charge in [-0.05, 0) is 18.4 Å². The van der Waals surface area contributed by atoms with Gasteiger partial charge in [-0.25, -0.2) is 13.1 Å². The highest BCUT2D eigenvalue weighted by atomic mass is 32.2. The van der Waals surface area contributed by atoms with Crippen molar-refractivity contribution in [1.29, 1.82) is 0 Å². The van der Waals surface area contributed by atoms with Gasteiger partial charge in [0.25, 0.3) is 5.91 Å². The summed E-state index contributed by atoms with van der Waals surface area (Å²) in [6, 6.07) is 9.38. The topological polar surface area (TPSA) is 84.5 Å². The minimum Gasteiger partial charge on any atom is -0.360 e. The summed E-state index contributed by atoms with van der Waals surface area (Å²) in [5.41, 5.74) is 0.813. The summed E-state index contributed by atoms with van der Waals surface area (Å²) in [4.78, 5) is 12.4. The number of nitrogens with one attached hydrogen (secondary N) is 2. The third-order valence-corrected chi connectivity index (χ3v) is 4.49. The van der Waals surface area contributed by atoms with E-state index in [9.17, 15) is 13.2 Å². The summed E-state index contributed by atoms with van der Waals surface area (Å²) in [6.45, 7) is 0.388. The lowest BCUT2D eigenvalue weighted by Gasteiger charge is -2.22. The molecule has 0 bridgehead atoms. The molecule has 1 unspecified atom stereocenters. The molecule has 1 saturated carbocycles. The number of carbonyl (C=O) groups is 1. The van der Waals surface area contributed by atoms with Crippen LogP contribution in [0.1, 0.15) is 37.4 Å². The van der Waals surface area contributed by atoms with Crippen molar-refractivity contribution in [2.24, 2.45) is 0 Å². The maximum atomic E-state index is 12.4. The third-order valence-electron chi connectivity index (χ3n) is 3.76. The minimum atomic E-state index is -3.25. The number of hydrogen-bond acceptors (Lipinski definition) is 4. The fraction of sp³-hybridized carbons (Fsp3) is 0.562. The van der Waals surface area contributed by atoms with Crippen molar-refractivity contribution in [3.8, 4) is 0 Å².